The second kappa shape index (κ2) is 6.19. The monoisotopic (exact) mass is 307 g/mol. The topological polar surface area (TPSA) is 46.6 Å². The maximum Gasteiger partial charge on any atom is 0.273 e. The molecule has 0 spiro atoms. The van der Waals surface area contributed by atoms with Crippen LogP contribution in [-0.2, 0) is 9.59 Å². The number of carbonyl (C=O) groups excluding carboxylic acids is 2. The number of ether oxygens (including phenoxy) is 1. The molecule has 1 fully saturated rings. The second-order valence-electron chi connectivity index (χ2n) is 4.04. The average molecular weight is 307 g/mol. The van der Waals surface area contributed by atoms with Gasteiger partial charge >= 0.3 is 0 Å². The molecule has 104 valence electrons. The van der Waals surface area contributed by atoms with Crippen molar-refractivity contribution in [2.24, 2.45) is 0 Å². The first-order valence-electron chi connectivity index (χ1n) is 6.01. The molecule has 0 aliphatic carbocycles. The highest BCUT2D eigenvalue weighted by Gasteiger charge is 2.35. The van der Waals surface area contributed by atoms with Crippen molar-refractivity contribution in [2.75, 3.05) is 7.11 Å². The third-order valence-electron chi connectivity index (χ3n) is 2.76. The molecule has 20 heavy (non-hydrogen) atoms. The Morgan fingerprint density at radius 2 is 2.05 bits per heavy atom. The van der Waals surface area contributed by atoms with E-state index in [4.69, 9.17) is 17.0 Å². The lowest BCUT2D eigenvalue weighted by Crippen LogP contribution is -2.33. The largest absolute Gasteiger partial charge is 0.497 e. The van der Waals surface area contributed by atoms with Crippen molar-refractivity contribution in [3.05, 3.63) is 34.7 Å². The highest BCUT2D eigenvalue weighted by atomic mass is 32.2. The van der Waals surface area contributed by atoms with Gasteiger partial charge in [-0.15, -0.1) is 0 Å². The van der Waals surface area contributed by atoms with E-state index < -0.39 is 0 Å². The molecule has 1 saturated heterocycles. The number of nitrogens with zero attached hydrogens (tertiary/aromatic N) is 1. The molecule has 0 unspecified atom stereocenters. The summed E-state index contributed by atoms with van der Waals surface area (Å²) in [5.41, 5.74) is 0.857. The first-order chi connectivity index (χ1) is 9.56. The maximum atomic E-state index is 12.1. The smallest absolute Gasteiger partial charge is 0.273 e. The van der Waals surface area contributed by atoms with Gasteiger partial charge in [-0.25, -0.2) is 4.90 Å². The predicted octanol–water partition coefficient (Wildman–Crippen LogP) is 2.83. The Morgan fingerprint density at radius 3 is 2.60 bits per heavy atom. The first-order valence-corrected chi connectivity index (χ1v) is 7.24. The van der Waals surface area contributed by atoms with E-state index in [2.05, 4.69) is 0 Å². The summed E-state index contributed by atoms with van der Waals surface area (Å²) in [5.74, 6) is 0.129. The third kappa shape index (κ3) is 2.91. The molecule has 4 nitrogen and oxygen atoms in total. The van der Waals surface area contributed by atoms with Gasteiger partial charge in [0.1, 0.15) is 5.75 Å². The van der Waals surface area contributed by atoms with E-state index in [-0.39, 0.29) is 18.2 Å². The summed E-state index contributed by atoms with van der Waals surface area (Å²) in [7, 11) is 1.59. The molecule has 1 aromatic rings. The average Bonchev–Trinajstić information content (AvgIpc) is 2.73. The van der Waals surface area contributed by atoms with Gasteiger partial charge in [-0.05, 0) is 23.8 Å². The van der Waals surface area contributed by atoms with Gasteiger partial charge in [0.25, 0.3) is 5.91 Å². The number of hydrogen-bond donors (Lipinski definition) is 0. The fraction of sp³-hybridized carbons (Fsp3) is 0.214. The quantitative estimate of drug-likeness (QED) is 0.635. The van der Waals surface area contributed by atoms with Gasteiger partial charge in [-0.2, -0.15) is 0 Å². The molecule has 0 aromatic heterocycles. The fourth-order valence-electron chi connectivity index (χ4n) is 1.69. The summed E-state index contributed by atoms with van der Waals surface area (Å²) in [6.45, 7) is 1.70. The van der Waals surface area contributed by atoms with Crippen LogP contribution in [0.1, 0.15) is 18.9 Å². The van der Waals surface area contributed by atoms with Crippen molar-refractivity contribution in [1.82, 2.24) is 4.90 Å². The van der Waals surface area contributed by atoms with Crippen LogP contribution in [0.4, 0.5) is 0 Å². The molecule has 1 aliphatic heterocycles. The molecule has 2 rings (SSSR count). The molecule has 0 atom stereocenters. The molecule has 6 heteroatoms. The van der Waals surface area contributed by atoms with Crippen LogP contribution >= 0.6 is 24.0 Å². The SMILES string of the molecule is CCC(=O)N1C(=O)/C(=C\c2ccc(OC)cc2)SC1=S. The van der Waals surface area contributed by atoms with E-state index in [1.807, 2.05) is 24.3 Å². The van der Waals surface area contributed by atoms with Crippen molar-refractivity contribution in [1.29, 1.82) is 0 Å². The van der Waals surface area contributed by atoms with Crippen molar-refractivity contribution in [3.63, 3.8) is 0 Å². The Hall–Kier alpha value is -1.66. The summed E-state index contributed by atoms with van der Waals surface area (Å²) < 4.78 is 5.37. The van der Waals surface area contributed by atoms with Crippen LogP contribution in [0.5, 0.6) is 5.75 Å². The maximum absolute atomic E-state index is 12.1. The van der Waals surface area contributed by atoms with E-state index in [1.165, 1.54) is 0 Å². The minimum absolute atomic E-state index is 0.252. The van der Waals surface area contributed by atoms with Gasteiger partial charge in [-0.1, -0.05) is 43.0 Å². The molecule has 2 amide bonds. The van der Waals surface area contributed by atoms with Gasteiger partial charge in [-0.3, -0.25) is 9.59 Å². The van der Waals surface area contributed by atoms with Crippen molar-refractivity contribution in [3.8, 4) is 5.75 Å². The number of rotatable bonds is 3. The fourth-order valence-corrected chi connectivity index (χ4v) is 2.98. The van der Waals surface area contributed by atoms with E-state index in [0.29, 0.717) is 9.23 Å². The van der Waals surface area contributed by atoms with Crippen LogP contribution in [0.3, 0.4) is 0 Å². The number of carbonyl (C=O) groups is 2. The number of hydrogen-bond acceptors (Lipinski definition) is 5. The van der Waals surface area contributed by atoms with Crippen LogP contribution in [0.25, 0.3) is 6.08 Å². The van der Waals surface area contributed by atoms with Crippen LogP contribution in [0, 0.1) is 0 Å². The Labute approximate surface area is 126 Å². The van der Waals surface area contributed by atoms with Crippen LogP contribution in [-0.4, -0.2) is 28.1 Å². The Morgan fingerprint density at radius 1 is 1.40 bits per heavy atom. The molecular weight excluding hydrogens is 294 g/mol. The van der Waals surface area contributed by atoms with E-state index in [0.717, 1.165) is 28.0 Å². The number of benzene rings is 1. The Bertz CT molecular complexity index is 593. The summed E-state index contributed by atoms with van der Waals surface area (Å²) in [6, 6.07) is 7.30. The first kappa shape index (κ1) is 14.7. The molecule has 1 aromatic carbocycles. The lowest BCUT2D eigenvalue weighted by Gasteiger charge is -2.10. The van der Waals surface area contributed by atoms with E-state index >= 15 is 0 Å². The molecule has 0 bridgehead atoms. The lowest BCUT2D eigenvalue weighted by atomic mass is 10.2. The summed E-state index contributed by atoms with van der Waals surface area (Å²) in [5, 5.41) is 0. The number of amides is 2. The van der Waals surface area contributed by atoms with Gasteiger partial charge < -0.3 is 4.74 Å². The number of thioether (sulfide) groups is 1. The highest BCUT2D eigenvalue weighted by molar-refractivity contribution is 8.26. The molecule has 1 aliphatic rings. The minimum Gasteiger partial charge on any atom is -0.497 e. The zero-order valence-corrected chi connectivity index (χ0v) is 12.7. The Kier molecular flexibility index (Phi) is 4.57. The molecule has 1 heterocycles. The van der Waals surface area contributed by atoms with E-state index in [1.54, 1.807) is 20.1 Å². The molecule has 0 N–H and O–H groups in total. The van der Waals surface area contributed by atoms with Gasteiger partial charge in [0.05, 0.1) is 12.0 Å². The summed E-state index contributed by atoms with van der Waals surface area (Å²) in [6.07, 6.45) is 1.98. The van der Waals surface area contributed by atoms with Gasteiger partial charge in [0.2, 0.25) is 5.91 Å². The van der Waals surface area contributed by atoms with Gasteiger partial charge in [0, 0.05) is 6.42 Å². The predicted molar refractivity (Wildman–Crippen MR) is 83.3 cm³/mol. The van der Waals surface area contributed by atoms with Crippen molar-refractivity contribution < 1.29 is 14.3 Å². The summed E-state index contributed by atoms with van der Waals surface area (Å²) >= 11 is 6.23. The van der Waals surface area contributed by atoms with Crippen LogP contribution in [0.15, 0.2) is 29.2 Å². The standard InChI is InChI=1S/C14H13NO3S2/c1-3-12(16)15-13(17)11(20-14(15)19)8-9-4-6-10(18-2)7-5-9/h4-8H,3H2,1-2H3/b11-8+. The van der Waals surface area contributed by atoms with Crippen LogP contribution < -0.4 is 4.74 Å². The number of methoxy groups -OCH3 is 1. The molecular formula is C14H13NO3S2. The number of thiocarbonyl (C=S) groups is 1. The lowest BCUT2D eigenvalue weighted by molar-refractivity contribution is -0.136. The number of imide groups is 1. The van der Waals surface area contributed by atoms with Crippen molar-refractivity contribution >= 4 is 46.2 Å². The third-order valence-corrected chi connectivity index (χ3v) is 4.06. The zero-order chi connectivity index (χ0) is 14.7. The molecule has 0 radical (unpaired) electrons. The van der Waals surface area contributed by atoms with E-state index in [9.17, 15) is 9.59 Å². The Balaban J connectivity index is 2.25. The van der Waals surface area contributed by atoms with Crippen molar-refractivity contribution in [2.45, 2.75) is 13.3 Å². The normalized spacial score (nSPS) is 16.9. The van der Waals surface area contributed by atoms with Crippen LogP contribution in [0.2, 0.25) is 0 Å². The zero-order valence-electron chi connectivity index (χ0n) is 11.1. The minimum atomic E-state index is -0.345. The molecule has 0 saturated carbocycles. The highest BCUT2D eigenvalue weighted by Crippen LogP contribution is 2.33. The van der Waals surface area contributed by atoms with Gasteiger partial charge in [0.15, 0.2) is 4.32 Å². The summed E-state index contributed by atoms with van der Waals surface area (Å²) in [4.78, 5) is 25.3. The second-order valence-corrected chi connectivity index (χ2v) is 5.71.